The largest absolute Gasteiger partial charge is 0.391 e. The van der Waals surface area contributed by atoms with Gasteiger partial charge in [-0.15, -0.1) is 0 Å². The van der Waals surface area contributed by atoms with Crippen LogP contribution in [0.2, 0.25) is 0 Å². The molecule has 0 amide bonds. The number of hydrogen-bond donors (Lipinski definition) is 2. The van der Waals surface area contributed by atoms with Crippen LogP contribution in [0.4, 0.5) is 0 Å². The highest BCUT2D eigenvalue weighted by atomic mass is 16.5. The molecule has 0 bridgehead atoms. The quantitative estimate of drug-likeness (QED) is 0.638. The third-order valence-electron chi connectivity index (χ3n) is 1.58. The number of hydrogen-bond acceptors (Lipinski definition) is 4. The molecule has 0 fully saturated rings. The molecular weight excluding hydrogens is 144 g/mol. The molecule has 0 saturated heterocycles. The highest BCUT2D eigenvalue weighted by Crippen LogP contribution is 2.07. The maximum atomic E-state index is 9.16. The Labute approximate surface area is 65.0 Å². The summed E-state index contributed by atoms with van der Waals surface area (Å²) in [6, 6.07) is 0. The van der Waals surface area contributed by atoms with E-state index >= 15 is 0 Å². The normalized spacial score (nSPS) is 13.4. The van der Waals surface area contributed by atoms with Gasteiger partial charge in [0, 0.05) is 18.5 Å². The Hall–Kier alpha value is -0.870. The van der Waals surface area contributed by atoms with Gasteiger partial charge in [-0.3, -0.25) is 0 Å². The number of nitrogens with zero attached hydrogens (tertiary/aromatic N) is 1. The highest BCUT2D eigenvalue weighted by molar-refractivity contribution is 5.13. The molecule has 11 heavy (non-hydrogen) atoms. The Balaban J connectivity index is 2.56. The minimum atomic E-state index is -0.493. The van der Waals surface area contributed by atoms with Crippen molar-refractivity contribution in [3.63, 3.8) is 0 Å². The van der Waals surface area contributed by atoms with E-state index in [1.165, 1.54) is 6.26 Å². The fourth-order valence-electron chi connectivity index (χ4n) is 0.846. The van der Waals surface area contributed by atoms with Gasteiger partial charge in [0.1, 0.15) is 6.26 Å². The maximum Gasteiger partial charge on any atom is 0.127 e. The van der Waals surface area contributed by atoms with Gasteiger partial charge in [0.05, 0.1) is 11.8 Å². The van der Waals surface area contributed by atoms with E-state index < -0.39 is 6.10 Å². The summed E-state index contributed by atoms with van der Waals surface area (Å²) in [7, 11) is 0. The van der Waals surface area contributed by atoms with Gasteiger partial charge in [0.2, 0.25) is 0 Å². The van der Waals surface area contributed by atoms with Gasteiger partial charge in [-0.1, -0.05) is 5.16 Å². The first-order chi connectivity index (χ1) is 5.24. The van der Waals surface area contributed by atoms with Crippen LogP contribution in [0.5, 0.6) is 0 Å². The molecule has 4 heteroatoms. The van der Waals surface area contributed by atoms with Gasteiger partial charge in [0.25, 0.3) is 0 Å². The zero-order valence-corrected chi connectivity index (χ0v) is 6.45. The van der Waals surface area contributed by atoms with Crippen molar-refractivity contribution in [3.05, 3.63) is 17.5 Å². The molecular formula is C7H12N2O2. The van der Waals surface area contributed by atoms with E-state index in [2.05, 4.69) is 9.68 Å². The molecule has 0 spiro atoms. The molecule has 0 radical (unpaired) electrons. The Morgan fingerprint density at radius 1 is 1.82 bits per heavy atom. The molecule has 0 aliphatic heterocycles. The molecule has 1 rings (SSSR count). The zero-order chi connectivity index (χ0) is 8.27. The summed E-state index contributed by atoms with van der Waals surface area (Å²) in [6.45, 7) is 2.10. The van der Waals surface area contributed by atoms with E-state index in [0.717, 1.165) is 11.3 Å². The zero-order valence-electron chi connectivity index (χ0n) is 6.45. The number of rotatable bonds is 3. The van der Waals surface area contributed by atoms with E-state index in [9.17, 15) is 0 Å². The molecule has 1 unspecified atom stereocenters. The number of aliphatic hydroxyl groups is 1. The number of aromatic nitrogens is 1. The van der Waals surface area contributed by atoms with Crippen molar-refractivity contribution in [2.45, 2.75) is 19.4 Å². The Kier molecular flexibility index (Phi) is 2.62. The SMILES string of the molecule is Cc1nocc1CC(O)CN. The fraction of sp³-hybridized carbons (Fsp3) is 0.571. The summed E-state index contributed by atoms with van der Waals surface area (Å²) in [6.07, 6.45) is 1.56. The smallest absolute Gasteiger partial charge is 0.127 e. The monoisotopic (exact) mass is 156 g/mol. The van der Waals surface area contributed by atoms with Crippen molar-refractivity contribution < 1.29 is 9.63 Å². The van der Waals surface area contributed by atoms with Gasteiger partial charge in [-0.25, -0.2) is 0 Å². The summed E-state index contributed by atoms with van der Waals surface area (Å²) in [5.41, 5.74) is 6.97. The van der Waals surface area contributed by atoms with E-state index in [4.69, 9.17) is 10.8 Å². The molecule has 4 nitrogen and oxygen atoms in total. The minimum absolute atomic E-state index is 0.268. The standard InChI is InChI=1S/C7H12N2O2/c1-5-6(4-11-9-5)2-7(10)3-8/h4,7,10H,2-3,8H2,1H3. The lowest BCUT2D eigenvalue weighted by atomic mass is 10.1. The van der Waals surface area contributed by atoms with Gasteiger partial charge in [0.15, 0.2) is 0 Å². The van der Waals surface area contributed by atoms with Gasteiger partial charge in [-0.2, -0.15) is 0 Å². The van der Waals surface area contributed by atoms with Crippen molar-refractivity contribution in [1.29, 1.82) is 0 Å². The molecule has 3 N–H and O–H groups in total. The van der Waals surface area contributed by atoms with Crippen molar-refractivity contribution in [2.75, 3.05) is 6.54 Å². The van der Waals surface area contributed by atoms with Crippen LogP contribution in [-0.4, -0.2) is 22.9 Å². The molecule has 62 valence electrons. The summed E-state index contributed by atoms with van der Waals surface area (Å²) in [4.78, 5) is 0. The van der Waals surface area contributed by atoms with E-state index in [-0.39, 0.29) is 6.54 Å². The topological polar surface area (TPSA) is 72.3 Å². The van der Waals surface area contributed by atoms with E-state index in [1.807, 2.05) is 6.92 Å². The number of aliphatic hydroxyl groups excluding tert-OH is 1. The molecule has 1 heterocycles. The van der Waals surface area contributed by atoms with E-state index in [1.54, 1.807) is 0 Å². The molecule has 0 aliphatic carbocycles. The first-order valence-corrected chi connectivity index (χ1v) is 3.52. The van der Waals surface area contributed by atoms with Crippen LogP contribution < -0.4 is 5.73 Å². The second-order valence-electron chi connectivity index (χ2n) is 2.52. The molecule has 0 aliphatic rings. The average molecular weight is 156 g/mol. The summed E-state index contributed by atoms with van der Waals surface area (Å²) in [5, 5.41) is 12.8. The Bertz CT molecular complexity index is 222. The van der Waals surface area contributed by atoms with Gasteiger partial charge >= 0.3 is 0 Å². The Morgan fingerprint density at radius 2 is 2.55 bits per heavy atom. The molecule has 1 atom stereocenters. The number of aryl methyl sites for hydroxylation is 1. The fourth-order valence-corrected chi connectivity index (χ4v) is 0.846. The van der Waals surface area contributed by atoms with Gasteiger partial charge < -0.3 is 15.4 Å². The summed E-state index contributed by atoms with van der Waals surface area (Å²) in [5.74, 6) is 0. The van der Waals surface area contributed by atoms with Crippen LogP contribution >= 0.6 is 0 Å². The summed E-state index contributed by atoms with van der Waals surface area (Å²) >= 11 is 0. The van der Waals surface area contributed by atoms with Crippen molar-refractivity contribution >= 4 is 0 Å². The van der Waals surface area contributed by atoms with Crippen LogP contribution in [-0.2, 0) is 6.42 Å². The van der Waals surface area contributed by atoms with Crippen LogP contribution in [0.3, 0.4) is 0 Å². The molecule has 1 aromatic heterocycles. The maximum absolute atomic E-state index is 9.16. The van der Waals surface area contributed by atoms with Crippen LogP contribution in [0.1, 0.15) is 11.3 Å². The van der Waals surface area contributed by atoms with Crippen LogP contribution in [0, 0.1) is 6.92 Å². The molecule has 1 aromatic rings. The average Bonchev–Trinajstić information content (AvgIpc) is 2.37. The molecule has 0 aromatic carbocycles. The first-order valence-electron chi connectivity index (χ1n) is 3.52. The van der Waals surface area contributed by atoms with Gasteiger partial charge in [-0.05, 0) is 6.92 Å². The van der Waals surface area contributed by atoms with Crippen LogP contribution in [0.25, 0.3) is 0 Å². The predicted molar refractivity (Wildman–Crippen MR) is 40.0 cm³/mol. The predicted octanol–water partition coefficient (Wildman–Crippen LogP) is -0.155. The summed E-state index contributed by atoms with van der Waals surface area (Å²) < 4.78 is 4.69. The highest BCUT2D eigenvalue weighted by Gasteiger charge is 2.07. The van der Waals surface area contributed by atoms with Crippen molar-refractivity contribution in [1.82, 2.24) is 5.16 Å². The Morgan fingerprint density at radius 3 is 3.00 bits per heavy atom. The second kappa shape index (κ2) is 3.50. The first kappa shape index (κ1) is 8.23. The third-order valence-corrected chi connectivity index (χ3v) is 1.58. The van der Waals surface area contributed by atoms with Crippen LogP contribution in [0.15, 0.2) is 10.8 Å². The minimum Gasteiger partial charge on any atom is -0.391 e. The van der Waals surface area contributed by atoms with Crippen molar-refractivity contribution in [2.24, 2.45) is 5.73 Å². The van der Waals surface area contributed by atoms with Crippen molar-refractivity contribution in [3.8, 4) is 0 Å². The second-order valence-corrected chi connectivity index (χ2v) is 2.52. The van der Waals surface area contributed by atoms with E-state index in [0.29, 0.717) is 6.42 Å². The lowest BCUT2D eigenvalue weighted by Crippen LogP contribution is -2.22. The molecule has 0 saturated carbocycles. The lowest BCUT2D eigenvalue weighted by molar-refractivity contribution is 0.183. The lowest BCUT2D eigenvalue weighted by Gasteiger charge is -2.04. The number of nitrogens with two attached hydrogens (primary N) is 1. The third kappa shape index (κ3) is 2.03.